The Morgan fingerprint density at radius 3 is 2.23 bits per heavy atom. The van der Waals surface area contributed by atoms with Crippen LogP contribution in [0.25, 0.3) is 21.8 Å². The van der Waals surface area contributed by atoms with Gasteiger partial charge in [-0.2, -0.15) is 0 Å². The normalized spacial score (nSPS) is 11.4. The summed E-state index contributed by atoms with van der Waals surface area (Å²) < 4.78 is 25.3. The quantitative estimate of drug-likeness (QED) is 0.414. The van der Waals surface area contributed by atoms with Crippen LogP contribution in [0.2, 0.25) is 0 Å². The van der Waals surface area contributed by atoms with Crippen LogP contribution in [0.1, 0.15) is 6.92 Å². The van der Waals surface area contributed by atoms with Gasteiger partial charge in [-0.05, 0) is 36.4 Å². The Kier molecular flexibility index (Phi) is 5.01. The molecule has 152 valence electrons. The molecule has 1 heterocycles. The fraction of sp³-hybridized carbons (Fsp3) is 0.0909. The lowest BCUT2D eigenvalue weighted by molar-refractivity contribution is -0.114. The van der Waals surface area contributed by atoms with E-state index in [1.807, 2.05) is 42.5 Å². The topological polar surface area (TPSA) is 100 Å². The first-order valence-corrected chi connectivity index (χ1v) is 11.1. The molecule has 0 aliphatic carbocycles. The average Bonchev–Trinajstić information content (AvgIpc) is 2.68. The number of rotatable bonds is 5. The van der Waals surface area contributed by atoms with Gasteiger partial charge in [-0.3, -0.25) is 9.52 Å². The highest BCUT2D eigenvalue weighted by atomic mass is 32.2. The van der Waals surface area contributed by atoms with Gasteiger partial charge >= 0.3 is 0 Å². The van der Waals surface area contributed by atoms with E-state index in [0.717, 1.165) is 33.9 Å². The number of anilines is 4. The van der Waals surface area contributed by atoms with Crippen molar-refractivity contribution in [1.29, 1.82) is 0 Å². The molecule has 0 fully saturated rings. The molecule has 8 heteroatoms. The minimum Gasteiger partial charge on any atom is -0.354 e. The van der Waals surface area contributed by atoms with Gasteiger partial charge in [-0.1, -0.05) is 30.3 Å². The Morgan fingerprint density at radius 1 is 0.867 bits per heavy atom. The van der Waals surface area contributed by atoms with Gasteiger partial charge < -0.3 is 10.6 Å². The molecule has 0 saturated heterocycles. The molecule has 0 spiro atoms. The van der Waals surface area contributed by atoms with Crippen LogP contribution in [0.4, 0.5) is 22.7 Å². The molecule has 0 unspecified atom stereocenters. The fourth-order valence-electron chi connectivity index (χ4n) is 3.32. The highest BCUT2D eigenvalue weighted by Crippen LogP contribution is 2.36. The van der Waals surface area contributed by atoms with E-state index in [2.05, 4.69) is 15.4 Å². The summed E-state index contributed by atoms with van der Waals surface area (Å²) in [7, 11) is -3.33. The Labute approximate surface area is 174 Å². The van der Waals surface area contributed by atoms with Crippen LogP contribution in [-0.4, -0.2) is 25.6 Å². The number of para-hydroxylation sites is 2. The number of carbonyl (C=O) groups is 1. The third kappa shape index (κ3) is 4.18. The maximum Gasteiger partial charge on any atom is 0.229 e. The number of benzene rings is 3. The van der Waals surface area contributed by atoms with Crippen molar-refractivity contribution in [2.45, 2.75) is 6.92 Å². The predicted octanol–water partition coefficient (Wildman–Crippen LogP) is 4.46. The second-order valence-corrected chi connectivity index (χ2v) is 8.71. The zero-order valence-corrected chi connectivity index (χ0v) is 17.2. The lowest BCUT2D eigenvalue weighted by Crippen LogP contribution is -2.09. The summed E-state index contributed by atoms with van der Waals surface area (Å²) in [4.78, 5) is 16.4. The van der Waals surface area contributed by atoms with E-state index in [-0.39, 0.29) is 5.91 Å². The number of nitrogens with zero attached hydrogens (tertiary/aromatic N) is 1. The Balaban J connectivity index is 1.83. The molecule has 1 aromatic heterocycles. The largest absolute Gasteiger partial charge is 0.354 e. The van der Waals surface area contributed by atoms with Gasteiger partial charge in [0, 0.05) is 29.1 Å². The molecular weight excluding hydrogens is 400 g/mol. The average molecular weight is 420 g/mol. The molecule has 0 bridgehead atoms. The van der Waals surface area contributed by atoms with E-state index in [0.29, 0.717) is 16.9 Å². The molecule has 0 radical (unpaired) electrons. The van der Waals surface area contributed by atoms with Crippen molar-refractivity contribution in [2.24, 2.45) is 0 Å². The molecule has 0 saturated carbocycles. The first-order chi connectivity index (χ1) is 14.3. The minimum atomic E-state index is -3.33. The minimum absolute atomic E-state index is 0.166. The van der Waals surface area contributed by atoms with Crippen molar-refractivity contribution < 1.29 is 13.2 Å². The molecule has 0 aliphatic heterocycles. The zero-order chi connectivity index (χ0) is 21.3. The maximum atomic E-state index is 11.6. The molecule has 0 aliphatic rings. The lowest BCUT2D eigenvalue weighted by Gasteiger charge is -2.15. The number of amides is 1. The summed E-state index contributed by atoms with van der Waals surface area (Å²) in [6, 6.07) is 20.4. The third-order valence-corrected chi connectivity index (χ3v) is 5.09. The van der Waals surface area contributed by atoms with Gasteiger partial charge in [-0.25, -0.2) is 13.4 Å². The Hall–Kier alpha value is -3.65. The van der Waals surface area contributed by atoms with Crippen molar-refractivity contribution in [3.63, 3.8) is 0 Å². The van der Waals surface area contributed by atoms with Gasteiger partial charge in [0.1, 0.15) is 0 Å². The second-order valence-electron chi connectivity index (χ2n) is 6.96. The third-order valence-electron chi connectivity index (χ3n) is 4.48. The number of hydrogen-bond acceptors (Lipinski definition) is 5. The van der Waals surface area contributed by atoms with E-state index >= 15 is 0 Å². The highest BCUT2D eigenvalue weighted by Gasteiger charge is 2.13. The van der Waals surface area contributed by atoms with E-state index < -0.39 is 10.0 Å². The molecule has 4 rings (SSSR count). The SMILES string of the molecule is CC(=O)Nc1cccc2c(Nc3ccc(NS(C)(=O)=O)cc3)c3ccccc3nc12. The second kappa shape index (κ2) is 7.64. The number of sulfonamides is 1. The van der Waals surface area contributed by atoms with Gasteiger partial charge in [-0.15, -0.1) is 0 Å². The summed E-state index contributed by atoms with van der Waals surface area (Å²) in [5.41, 5.74) is 4.25. The predicted molar refractivity (Wildman–Crippen MR) is 122 cm³/mol. The first-order valence-electron chi connectivity index (χ1n) is 9.24. The van der Waals surface area contributed by atoms with Crippen LogP contribution in [0.5, 0.6) is 0 Å². The van der Waals surface area contributed by atoms with Crippen LogP contribution in [-0.2, 0) is 14.8 Å². The van der Waals surface area contributed by atoms with Crippen LogP contribution in [0.15, 0.2) is 66.7 Å². The van der Waals surface area contributed by atoms with Gasteiger partial charge in [0.15, 0.2) is 0 Å². The Bertz CT molecular complexity index is 1370. The standard InChI is InChI=1S/C22H20N4O3S/c1-14(27)23-20-9-5-7-18-21(17-6-3-4-8-19(17)25-22(18)20)24-15-10-12-16(13-11-15)26-30(2,28)29/h3-13,26H,1-2H3,(H,23,27)(H,24,25). The van der Waals surface area contributed by atoms with Crippen molar-refractivity contribution in [1.82, 2.24) is 4.98 Å². The van der Waals surface area contributed by atoms with Crippen molar-refractivity contribution in [3.8, 4) is 0 Å². The van der Waals surface area contributed by atoms with Gasteiger partial charge in [0.2, 0.25) is 15.9 Å². The van der Waals surface area contributed by atoms with Gasteiger partial charge in [0.25, 0.3) is 0 Å². The molecule has 30 heavy (non-hydrogen) atoms. The Morgan fingerprint density at radius 2 is 1.53 bits per heavy atom. The molecule has 3 aromatic carbocycles. The van der Waals surface area contributed by atoms with E-state index in [1.165, 1.54) is 6.92 Å². The zero-order valence-electron chi connectivity index (χ0n) is 16.4. The lowest BCUT2D eigenvalue weighted by atomic mass is 10.1. The number of pyridine rings is 1. The molecule has 1 amide bonds. The summed E-state index contributed by atoms with van der Waals surface area (Å²) in [6.07, 6.45) is 1.11. The smallest absolute Gasteiger partial charge is 0.229 e. The van der Waals surface area contributed by atoms with E-state index in [4.69, 9.17) is 4.98 Å². The molecule has 3 N–H and O–H groups in total. The van der Waals surface area contributed by atoms with Crippen molar-refractivity contribution >= 4 is 60.5 Å². The van der Waals surface area contributed by atoms with Crippen LogP contribution < -0.4 is 15.4 Å². The summed E-state index contributed by atoms with van der Waals surface area (Å²) in [5.74, 6) is -0.166. The van der Waals surface area contributed by atoms with Crippen LogP contribution >= 0.6 is 0 Å². The maximum absolute atomic E-state index is 11.6. The summed E-state index contributed by atoms with van der Waals surface area (Å²) >= 11 is 0. The van der Waals surface area contributed by atoms with E-state index in [9.17, 15) is 13.2 Å². The molecular formula is C22H20N4O3S. The molecule has 0 atom stereocenters. The van der Waals surface area contributed by atoms with Crippen molar-refractivity contribution in [3.05, 3.63) is 66.7 Å². The summed E-state index contributed by atoms with van der Waals surface area (Å²) in [6.45, 7) is 1.46. The molecule has 7 nitrogen and oxygen atoms in total. The number of fused-ring (bicyclic) bond motifs is 2. The highest BCUT2D eigenvalue weighted by molar-refractivity contribution is 7.92. The first kappa shape index (κ1) is 19.7. The van der Waals surface area contributed by atoms with Crippen molar-refractivity contribution in [2.75, 3.05) is 21.6 Å². The fourth-order valence-corrected chi connectivity index (χ4v) is 3.88. The van der Waals surface area contributed by atoms with Crippen LogP contribution in [0, 0.1) is 0 Å². The molecule has 4 aromatic rings. The number of hydrogen-bond donors (Lipinski definition) is 3. The summed E-state index contributed by atoms with van der Waals surface area (Å²) in [5, 5.41) is 8.06. The van der Waals surface area contributed by atoms with Crippen LogP contribution in [0.3, 0.4) is 0 Å². The number of nitrogens with one attached hydrogen (secondary N) is 3. The monoisotopic (exact) mass is 420 g/mol. The number of carbonyl (C=O) groups excluding carboxylic acids is 1. The van der Waals surface area contributed by atoms with E-state index in [1.54, 1.807) is 24.3 Å². The van der Waals surface area contributed by atoms with Gasteiger partial charge in [0.05, 0.1) is 28.7 Å². The number of aromatic nitrogens is 1.